The summed E-state index contributed by atoms with van der Waals surface area (Å²) in [5, 5.41) is 5.51. The number of nitrogens with zero attached hydrogens (tertiary/aromatic N) is 1. The third kappa shape index (κ3) is 2.79. The number of thioether (sulfide) groups is 1. The van der Waals surface area contributed by atoms with Crippen LogP contribution in [0.2, 0.25) is 0 Å². The SMILES string of the molecule is CCCC1CN=C(NC2CCOC2C2CC2)S1. The molecule has 3 unspecified atom stereocenters. The summed E-state index contributed by atoms with van der Waals surface area (Å²) >= 11 is 1.94. The van der Waals surface area contributed by atoms with Gasteiger partial charge in [-0.3, -0.25) is 4.99 Å². The molecule has 3 rings (SSSR count). The number of aliphatic imine (C=N–C) groups is 1. The molecule has 1 saturated carbocycles. The van der Waals surface area contributed by atoms with Gasteiger partial charge in [0.1, 0.15) is 0 Å². The molecular weight excluding hydrogens is 232 g/mol. The van der Waals surface area contributed by atoms with Crippen LogP contribution in [-0.2, 0) is 4.74 Å². The quantitative estimate of drug-likeness (QED) is 0.836. The molecule has 4 heteroatoms. The Labute approximate surface area is 108 Å². The van der Waals surface area contributed by atoms with Crippen molar-refractivity contribution < 1.29 is 4.74 Å². The first kappa shape index (κ1) is 11.8. The number of nitrogens with one attached hydrogen (secondary N) is 1. The molecule has 1 saturated heterocycles. The minimum atomic E-state index is 0.462. The third-order valence-electron chi connectivity index (χ3n) is 3.86. The molecule has 2 aliphatic heterocycles. The highest BCUT2D eigenvalue weighted by Crippen LogP contribution is 2.39. The summed E-state index contributed by atoms with van der Waals surface area (Å²) in [5.41, 5.74) is 0. The molecule has 0 radical (unpaired) electrons. The molecular formula is C13H22N2OS. The second-order valence-electron chi connectivity index (χ2n) is 5.39. The Hall–Kier alpha value is -0.220. The Morgan fingerprint density at radius 2 is 2.29 bits per heavy atom. The van der Waals surface area contributed by atoms with Crippen LogP contribution in [0.1, 0.15) is 39.0 Å². The summed E-state index contributed by atoms with van der Waals surface area (Å²) in [6, 6.07) is 0.522. The Morgan fingerprint density at radius 3 is 3.06 bits per heavy atom. The van der Waals surface area contributed by atoms with E-state index in [9.17, 15) is 0 Å². The molecule has 0 aromatic heterocycles. The van der Waals surface area contributed by atoms with Crippen molar-refractivity contribution in [2.45, 2.75) is 56.4 Å². The Balaban J connectivity index is 1.50. The van der Waals surface area contributed by atoms with E-state index in [1.807, 2.05) is 11.8 Å². The van der Waals surface area contributed by atoms with Crippen LogP contribution in [-0.4, -0.2) is 35.7 Å². The summed E-state index contributed by atoms with van der Waals surface area (Å²) in [6.07, 6.45) is 6.88. The van der Waals surface area contributed by atoms with Crippen LogP contribution in [0.4, 0.5) is 0 Å². The van der Waals surface area contributed by atoms with E-state index >= 15 is 0 Å². The zero-order valence-corrected chi connectivity index (χ0v) is 11.3. The zero-order valence-electron chi connectivity index (χ0n) is 10.5. The predicted octanol–water partition coefficient (Wildman–Crippen LogP) is 2.42. The maximum atomic E-state index is 5.85. The van der Waals surface area contributed by atoms with Gasteiger partial charge in [0.2, 0.25) is 0 Å². The number of ether oxygens (including phenoxy) is 1. The van der Waals surface area contributed by atoms with Gasteiger partial charge in [-0.2, -0.15) is 0 Å². The highest BCUT2D eigenvalue weighted by atomic mass is 32.2. The minimum Gasteiger partial charge on any atom is -0.376 e. The number of hydrogen-bond acceptors (Lipinski definition) is 4. The van der Waals surface area contributed by atoms with E-state index < -0.39 is 0 Å². The fraction of sp³-hybridized carbons (Fsp3) is 0.923. The summed E-state index contributed by atoms with van der Waals surface area (Å²) in [5.74, 6) is 0.827. The molecule has 17 heavy (non-hydrogen) atoms. The molecule has 3 atom stereocenters. The van der Waals surface area contributed by atoms with Crippen molar-refractivity contribution >= 4 is 16.9 Å². The van der Waals surface area contributed by atoms with Gasteiger partial charge in [-0.15, -0.1) is 0 Å². The van der Waals surface area contributed by atoms with Crippen LogP contribution >= 0.6 is 11.8 Å². The van der Waals surface area contributed by atoms with Gasteiger partial charge in [-0.25, -0.2) is 0 Å². The highest BCUT2D eigenvalue weighted by Gasteiger charge is 2.41. The summed E-state index contributed by atoms with van der Waals surface area (Å²) in [7, 11) is 0. The Kier molecular flexibility index (Phi) is 3.61. The maximum Gasteiger partial charge on any atom is 0.157 e. The third-order valence-corrected chi connectivity index (χ3v) is 5.05. The molecule has 0 aromatic rings. The standard InChI is InChI=1S/C13H22N2OS/c1-2-3-10-8-14-13(17-10)15-11-6-7-16-12(11)9-4-5-9/h9-12H,2-8H2,1H3,(H,14,15). The molecule has 0 spiro atoms. The molecule has 96 valence electrons. The van der Waals surface area contributed by atoms with Crippen molar-refractivity contribution in [3.8, 4) is 0 Å². The fourth-order valence-corrected chi connectivity index (χ4v) is 3.97. The van der Waals surface area contributed by atoms with Crippen LogP contribution in [0.5, 0.6) is 0 Å². The molecule has 0 bridgehead atoms. The van der Waals surface area contributed by atoms with E-state index in [2.05, 4.69) is 17.2 Å². The van der Waals surface area contributed by atoms with Gasteiger partial charge in [0, 0.05) is 11.9 Å². The van der Waals surface area contributed by atoms with E-state index in [1.165, 1.54) is 30.9 Å². The molecule has 1 aliphatic carbocycles. The molecule has 3 aliphatic rings. The summed E-state index contributed by atoms with van der Waals surface area (Å²) in [4.78, 5) is 4.63. The Bertz CT molecular complexity index is 304. The van der Waals surface area contributed by atoms with Gasteiger partial charge in [-0.05, 0) is 31.6 Å². The first-order chi connectivity index (χ1) is 8.36. The van der Waals surface area contributed by atoms with E-state index in [0.29, 0.717) is 17.4 Å². The van der Waals surface area contributed by atoms with Gasteiger partial charge >= 0.3 is 0 Å². The molecule has 2 fully saturated rings. The highest BCUT2D eigenvalue weighted by molar-refractivity contribution is 8.14. The first-order valence-electron chi connectivity index (χ1n) is 6.96. The smallest absolute Gasteiger partial charge is 0.157 e. The molecule has 0 amide bonds. The van der Waals surface area contributed by atoms with Gasteiger partial charge in [0.05, 0.1) is 18.7 Å². The lowest BCUT2D eigenvalue weighted by Crippen LogP contribution is -2.40. The van der Waals surface area contributed by atoms with Gasteiger partial charge < -0.3 is 10.1 Å². The molecule has 1 N–H and O–H groups in total. The predicted molar refractivity (Wildman–Crippen MR) is 72.6 cm³/mol. The van der Waals surface area contributed by atoms with Crippen LogP contribution in [0.3, 0.4) is 0 Å². The van der Waals surface area contributed by atoms with Crippen LogP contribution in [0.25, 0.3) is 0 Å². The molecule has 2 heterocycles. The lowest BCUT2D eigenvalue weighted by molar-refractivity contribution is 0.0844. The van der Waals surface area contributed by atoms with Crippen molar-refractivity contribution in [3.63, 3.8) is 0 Å². The van der Waals surface area contributed by atoms with Crippen molar-refractivity contribution in [2.24, 2.45) is 10.9 Å². The van der Waals surface area contributed by atoms with E-state index in [-0.39, 0.29) is 0 Å². The van der Waals surface area contributed by atoms with E-state index in [4.69, 9.17) is 4.74 Å². The van der Waals surface area contributed by atoms with Gasteiger partial charge in [0.25, 0.3) is 0 Å². The molecule has 0 aromatic carbocycles. The van der Waals surface area contributed by atoms with E-state index in [1.54, 1.807) is 0 Å². The maximum absolute atomic E-state index is 5.85. The Morgan fingerprint density at radius 1 is 1.41 bits per heavy atom. The molecule has 3 nitrogen and oxygen atoms in total. The average Bonchev–Trinajstić information content (AvgIpc) is 2.91. The van der Waals surface area contributed by atoms with Crippen LogP contribution in [0.15, 0.2) is 4.99 Å². The van der Waals surface area contributed by atoms with Crippen LogP contribution < -0.4 is 5.32 Å². The normalized spacial score (nSPS) is 37.2. The summed E-state index contributed by atoms with van der Waals surface area (Å²) < 4.78 is 5.85. The topological polar surface area (TPSA) is 33.6 Å². The van der Waals surface area contributed by atoms with Gasteiger partial charge in [-0.1, -0.05) is 25.1 Å². The fourth-order valence-electron chi connectivity index (χ4n) is 2.78. The lowest BCUT2D eigenvalue weighted by atomic mass is 10.1. The van der Waals surface area contributed by atoms with Crippen molar-refractivity contribution in [1.82, 2.24) is 5.32 Å². The second kappa shape index (κ2) is 5.19. The largest absolute Gasteiger partial charge is 0.376 e. The van der Waals surface area contributed by atoms with Crippen molar-refractivity contribution in [1.29, 1.82) is 0 Å². The van der Waals surface area contributed by atoms with Crippen molar-refractivity contribution in [2.75, 3.05) is 13.2 Å². The monoisotopic (exact) mass is 254 g/mol. The number of rotatable bonds is 4. The average molecular weight is 254 g/mol. The number of amidine groups is 1. The minimum absolute atomic E-state index is 0.462. The number of hydrogen-bond donors (Lipinski definition) is 1. The van der Waals surface area contributed by atoms with Crippen molar-refractivity contribution in [3.05, 3.63) is 0 Å². The second-order valence-corrected chi connectivity index (χ2v) is 6.68. The van der Waals surface area contributed by atoms with E-state index in [0.717, 1.165) is 25.5 Å². The first-order valence-corrected chi connectivity index (χ1v) is 7.84. The van der Waals surface area contributed by atoms with Gasteiger partial charge in [0.15, 0.2) is 5.17 Å². The summed E-state index contributed by atoms with van der Waals surface area (Å²) in [6.45, 7) is 4.18. The zero-order chi connectivity index (χ0) is 11.7. The van der Waals surface area contributed by atoms with Crippen LogP contribution in [0, 0.1) is 5.92 Å². The lowest BCUT2D eigenvalue weighted by Gasteiger charge is -2.20.